The number of nitrogens with zero attached hydrogens (tertiary/aromatic N) is 1. The molecule has 3 N–H and O–H groups in total. The highest BCUT2D eigenvalue weighted by molar-refractivity contribution is 5.92. The molecule has 21 heavy (non-hydrogen) atoms. The van der Waals surface area contributed by atoms with Crippen molar-refractivity contribution in [2.75, 3.05) is 38.7 Å². The van der Waals surface area contributed by atoms with Crippen molar-refractivity contribution in [2.45, 2.75) is 19.4 Å². The minimum absolute atomic E-state index is 0.00451. The van der Waals surface area contributed by atoms with E-state index in [1.165, 1.54) is 6.42 Å². The second kappa shape index (κ2) is 8.12. The SMILES string of the molecule is CN(CC(=O)Nc1ccccc1CN)CC1CCCOC1. The first-order valence-electron chi connectivity index (χ1n) is 7.53. The van der Waals surface area contributed by atoms with Crippen molar-refractivity contribution < 1.29 is 9.53 Å². The molecule has 1 amide bonds. The van der Waals surface area contributed by atoms with Crippen molar-refractivity contribution in [1.82, 2.24) is 4.90 Å². The smallest absolute Gasteiger partial charge is 0.238 e. The second-order valence-electron chi connectivity index (χ2n) is 5.69. The third-order valence-corrected chi connectivity index (χ3v) is 3.75. The molecule has 0 saturated carbocycles. The summed E-state index contributed by atoms with van der Waals surface area (Å²) in [7, 11) is 1.98. The number of nitrogens with two attached hydrogens (primary N) is 1. The van der Waals surface area contributed by atoms with E-state index in [0.29, 0.717) is 19.0 Å². The number of hydrogen-bond acceptors (Lipinski definition) is 4. The lowest BCUT2D eigenvalue weighted by molar-refractivity contribution is -0.117. The lowest BCUT2D eigenvalue weighted by Gasteiger charge is -2.26. The summed E-state index contributed by atoms with van der Waals surface area (Å²) in [5.74, 6) is 0.531. The van der Waals surface area contributed by atoms with Crippen molar-refractivity contribution in [3.8, 4) is 0 Å². The monoisotopic (exact) mass is 291 g/mol. The van der Waals surface area contributed by atoms with Crippen LogP contribution in [0.15, 0.2) is 24.3 Å². The Bertz CT molecular complexity index is 459. The zero-order valence-electron chi connectivity index (χ0n) is 12.7. The molecule has 1 fully saturated rings. The van der Waals surface area contributed by atoms with E-state index in [1.54, 1.807) is 0 Å². The Labute approximate surface area is 126 Å². The van der Waals surface area contributed by atoms with E-state index >= 15 is 0 Å². The molecule has 0 spiro atoms. The van der Waals surface area contributed by atoms with Crippen LogP contribution < -0.4 is 11.1 Å². The Kier molecular flexibility index (Phi) is 6.17. The minimum Gasteiger partial charge on any atom is -0.381 e. The maximum absolute atomic E-state index is 12.1. The fraction of sp³-hybridized carbons (Fsp3) is 0.562. The van der Waals surface area contributed by atoms with Crippen LogP contribution in [0.4, 0.5) is 5.69 Å². The van der Waals surface area contributed by atoms with E-state index in [1.807, 2.05) is 31.3 Å². The average Bonchev–Trinajstić information content (AvgIpc) is 2.48. The predicted octanol–water partition coefficient (Wildman–Crippen LogP) is 1.44. The van der Waals surface area contributed by atoms with Gasteiger partial charge in [-0.2, -0.15) is 0 Å². The number of benzene rings is 1. The van der Waals surface area contributed by atoms with Crippen LogP contribution in [0, 0.1) is 5.92 Å². The molecule has 1 heterocycles. The standard InChI is InChI=1S/C16H25N3O2/c1-19(10-13-5-4-8-21-12-13)11-16(20)18-15-7-3-2-6-14(15)9-17/h2-3,6-7,13H,4-5,8-12,17H2,1H3,(H,18,20). The number of hydrogen-bond donors (Lipinski definition) is 2. The van der Waals surface area contributed by atoms with Crippen LogP contribution in [0.1, 0.15) is 18.4 Å². The van der Waals surface area contributed by atoms with Crippen molar-refractivity contribution in [2.24, 2.45) is 11.7 Å². The van der Waals surface area contributed by atoms with Gasteiger partial charge in [0.2, 0.25) is 5.91 Å². The molecule has 1 unspecified atom stereocenters. The number of amides is 1. The molecule has 1 aliphatic heterocycles. The van der Waals surface area contributed by atoms with Crippen LogP contribution in [0.25, 0.3) is 0 Å². The minimum atomic E-state index is -0.00451. The van der Waals surface area contributed by atoms with Gasteiger partial charge in [-0.1, -0.05) is 18.2 Å². The third-order valence-electron chi connectivity index (χ3n) is 3.75. The quantitative estimate of drug-likeness (QED) is 0.832. The van der Waals surface area contributed by atoms with Gasteiger partial charge in [0.25, 0.3) is 0 Å². The molecule has 1 aromatic carbocycles. The molecular formula is C16H25N3O2. The van der Waals surface area contributed by atoms with Crippen molar-refractivity contribution in [3.63, 3.8) is 0 Å². The molecule has 0 aromatic heterocycles. The van der Waals surface area contributed by atoms with Crippen molar-refractivity contribution >= 4 is 11.6 Å². The largest absolute Gasteiger partial charge is 0.381 e. The molecule has 1 aliphatic rings. The molecule has 5 nitrogen and oxygen atoms in total. The lowest BCUT2D eigenvalue weighted by Crippen LogP contribution is -2.36. The number of anilines is 1. The summed E-state index contributed by atoms with van der Waals surface area (Å²) in [6.07, 6.45) is 2.30. The van der Waals surface area contributed by atoms with Gasteiger partial charge in [-0.3, -0.25) is 9.69 Å². The number of rotatable bonds is 6. The fourth-order valence-corrected chi connectivity index (χ4v) is 2.71. The van der Waals surface area contributed by atoms with E-state index in [0.717, 1.165) is 37.4 Å². The second-order valence-corrected chi connectivity index (χ2v) is 5.69. The Morgan fingerprint density at radius 2 is 2.29 bits per heavy atom. The van der Waals surface area contributed by atoms with E-state index in [4.69, 9.17) is 10.5 Å². The molecule has 116 valence electrons. The van der Waals surface area contributed by atoms with Crippen LogP contribution in [-0.2, 0) is 16.1 Å². The van der Waals surface area contributed by atoms with Gasteiger partial charge in [-0.25, -0.2) is 0 Å². The Hall–Kier alpha value is -1.43. The van der Waals surface area contributed by atoms with Gasteiger partial charge < -0.3 is 15.8 Å². The molecule has 2 rings (SSSR count). The molecule has 1 atom stereocenters. The predicted molar refractivity (Wildman–Crippen MR) is 84.0 cm³/mol. The normalized spacial score (nSPS) is 18.7. The van der Waals surface area contributed by atoms with E-state index in [2.05, 4.69) is 10.2 Å². The summed E-state index contributed by atoms with van der Waals surface area (Å²) in [5, 5.41) is 2.94. The number of likely N-dealkylation sites (N-methyl/N-ethyl adjacent to an activating group) is 1. The van der Waals surface area contributed by atoms with Gasteiger partial charge in [0, 0.05) is 25.4 Å². The van der Waals surface area contributed by atoms with Gasteiger partial charge in [0.1, 0.15) is 0 Å². The Morgan fingerprint density at radius 1 is 1.48 bits per heavy atom. The van der Waals surface area contributed by atoms with E-state index in [9.17, 15) is 4.79 Å². The zero-order chi connectivity index (χ0) is 15.1. The first kappa shape index (κ1) is 15.9. The maximum atomic E-state index is 12.1. The van der Waals surface area contributed by atoms with Gasteiger partial charge in [0.05, 0.1) is 13.2 Å². The third kappa shape index (κ3) is 5.12. The van der Waals surface area contributed by atoms with Crippen LogP contribution in [0.2, 0.25) is 0 Å². The average molecular weight is 291 g/mol. The van der Waals surface area contributed by atoms with Crippen molar-refractivity contribution in [3.05, 3.63) is 29.8 Å². The van der Waals surface area contributed by atoms with Crippen molar-refractivity contribution in [1.29, 1.82) is 0 Å². The van der Waals surface area contributed by atoms with E-state index in [-0.39, 0.29) is 5.91 Å². The van der Waals surface area contributed by atoms with Crippen LogP contribution in [-0.4, -0.2) is 44.2 Å². The van der Waals surface area contributed by atoms with Crippen LogP contribution in [0.5, 0.6) is 0 Å². The van der Waals surface area contributed by atoms with Gasteiger partial charge in [-0.05, 0) is 37.4 Å². The van der Waals surface area contributed by atoms with E-state index < -0.39 is 0 Å². The van der Waals surface area contributed by atoms with Crippen LogP contribution >= 0.6 is 0 Å². The molecule has 0 radical (unpaired) electrons. The highest BCUT2D eigenvalue weighted by Crippen LogP contribution is 2.15. The first-order chi connectivity index (χ1) is 10.2. The number of nitrogens with one attached hydrogen (secondary N) is 1. The molecule has 5 heteroatoms. The first-order valence-corrected chi connectivity index (χ1v) is 7.53. The van der Waals surface area contributed by atoms with Crippen LogP contribution in [0.3, 0.4) is 0 Å². The summed E-state index contributed by atoms with van der Waals surface area (Å²) in [5.41, 5.74) is 7.43. The Balaban J connectivity index is 1.80. The van der Waals surface area contributed by atoms with Gasteiger partial charge >= 0.3 is 0 Å². The summed E-state index contributed by atoms with van der Waals surface area (Å²) < 4.78 is 5.47. The maximum Gasteiger partial charge on any atom is 0.238 e. The number of carbonyl (C=O) groups excluding carboxylic acids is 1. The molecule has 0 bridgehead atoms. The highest BCUT2D eigenvalue weighted by atomic mass is 16.5. The molecular weight excluding hydrogens is 266 g/mol. The number of carbonyl (C=O) groups is 1. The summed E-state index contributed by atoms with van der Waals surface area (Å²) in [6.45, 7) is 3.38. The summed E-state index contributed by atoms with van der Waals surface area (Å²) >= 11 is 0. The summed E-state index contributed by atoms with van der Waals surface area (Å²) in [4.78, 5) is 14.2. The van der Waals surface area contributed by atoms with Gasteiger partial charge in [-0.15, -0.1) is 0 Å². The summed E-state index contributed by atoms with van der Waals surface area (Å²) in [6, 6.07) is 7.64. The zero-order valence-corrected chi connectivity index (χ0v) is 12.7. The molecule has 0 aliphatic carbocycles. The highest BCUT2D eigenvalue weighted by Gasteiger charge is 2.17. The fourth-order valence-electron chi connectivity index (χ4n) is 2.71. The topological polar surface area (TPSA) is 67.6 Å². The Morgan fingerprint density at radius 3 is 3.00 bits per heavy atom. The molecule has 1 aromatic rings. The number of para-hydroxylation sites is 1. The number of ether oxygens (including phenoxy) is 1. The van der Waals surface area contributed by atoms with Gasteiger partial charge in [0.15, 0.2) is 0 Å². The lowest BCUT2D eigenvalue weighted by atomic mass is 10.0. The molecule has 1 saturated heterocycles.